The topological polar surface area (TPSA) is 109 Å². The number of rotatable bonds is 10. The number of aromatic nitrogens is 1. The number of amides is 2. The van der Waals surface area contributed by atoms with Crippen LogP contribution in [-0.4, -0.2) is 53.0 Å². The Labute approximate surface area is 215 Å². The number of aliphatic hydroxyl groups is 1. The van der Waals surface area contributed by atoms with Gasteiger partial charge in [-0.15, -0.1) is 0 Å². The minimum Gasteiger partial charge on any atom is -0.488 e. The Balaban J connectivity index is 1.80. The fourth-order valence-electron chi connectivity index (χ4n) is 4.51. The zero-order chi connectivity index (χ0) is 25.9. The van der Waals surface area contributed by atoms with Crippen LogP contribution < -0.4 is 15.4 Å². The van der Waals surface area contributed by atoms with Crippen molar-refractivity contribution < 1.29 is 19.4 Å². The molecule has 1 aliphatic rings. The fourth-order valence-corrected chi connectivity index (χ4v) is 4.86. The molecule has 0 radical (unpaired) electrons. The van der Waals surface area contributed by atoms with Gasteiger partial charge in [-0.3, -0.25) is 14.6 Å². The summed E-state index contributed by atoms with van der Waals surface area (Å²) in [4.78, 5) is 33.7. The van der Waals surface area contributed by atoms with Crippen molar-refractivity contribution in [1.82, 2.24) is 9.88 Å². The molecule has 1 aromatic heterocycles. The molecule has 2 amide bonds. The van der Waals surface area contributed by atoms with Crippen molar-refractivity contribution in [2.45, 2.75) is 26.1 Å². The molecule has 0 saturated heterocycles. The van der Waals surface area contributed by atoms with Crippen LogP contribution in [-0.2, 0) is 17.0 Å². The number of hydrogen-bond donors (Lipinski definition) is 2. The van der Waals surface area contributed by atoms with Gasteiger partial charge < -0.3 is 25.4 Å². The summed E-state index contributed by atoms with van der Waals surface area (Å²) in [7, 11) is 0. The van der Waals surface area contributed by atoms with Crippen LogP contribution in [0.25, 0.3) is 0 Å². The minimum absolute atomic E-state index is 0.0737. The zero-order valence-electron chi connectivity index (χ0n) is 20.3. The monoisotopic (exact) mass is 508 g/mol. The number of fused-ring (bicyclic) bond motifs is 1. The summed E-state index contributed by atoms with van der Waals surface area (Å²) in [6, 6.07) is 13.4. The quantitative estimate of drug-likeness (QED) is 0.435. The number of nitrogens with zero attached hydrogens (tertiary/aromatic N) is 3. The predicted molar refractivity (Wildman–Crippen MR) is 138 cm³/mol. The second-order valence-corrected chi connectivity index (χ2v) is 8.96. The average Bonchev–Trinajstić information content (AvgIpc) is 3.11. The number of nitrogens with two attached hydrogens (primary N) is 1. The van der Waals surface area contributed by atoms with Crippen LogP contribution in [0, 0.1) is 0 Å². The lowest BCUT2D eigenvalue weighted by molar-refractivity contribution is -0.132. The molecule has 188 valence electrons. The number of halogens is 1. The molecule has 3 aromatic rings. The number of carbonyl (C=O) groups is 2. The van der Waals surface area contributed by atoms with Gasteiger partial charge in [0.1, 0.15) is 12.4 Å². The van der Waals surface area contributed by atoms with Gasteiger partial charge in [-0.05, 0) is 37.4 Å². The van der Waals surface area contributed by atoms with Gasteiger partial charge in [0.05, 0.1) is 10.7 Å². The van der Waals surface area contributed by atoms with E-state index in [1.807, 2.05) is 19.9 Å². The maximum atomic E-state index is 14.0. The maximum absolute atomic E-state index is 14.0. The second-order valence-electron chi connectivity index (χ2n) is 8.56. The van der Waals surface area contributed by atoms with E-state index in [0.717, 1.165) is 18.7 Å². The lowest BCUT2D eigenvalue weighted by Gasteiger charge is -2.27. The molecular weight excluding hydrogens is 480 g/mol. The van der Waals surface area contributed by atoms with E-state index in [0.29, 0.717) is 24.5 Å². The molecule has 2 aromatic carbocycles. The smallest absolute Gasteiger partial charge is 0.268 e. The largest absolute Gasteiger partial charge is 0.488 e. The van der Waals surface area contributed by atoms with Crippen molar-refractivity contribution in [1.29, 1.82) is 0 Å². The number of primary amides is 1. The van der Waals surface area contributed by atoms with Crippen LogP contribution in [0.15, 0.2) is 60.9 Å². The molecule has 1 aliphatic heterocycles. The molecular formula is C27H29ClN4O4. The Morgan fingerprint density at radius 1 is 1.19 bits per heavy atom. The number of para-hydroxylation sites is 1. The van der Waals surface area contributed by atoms with E-state index in [-0.39, 0.29) is 28.3 Å². The van der Waals surface area contributed by atoms with Crippen molar-refractivity contribution in [3.63, 3.8) is 0 Å². The number of carbonyl (C=O) groups excluding carboxylic acids is 2. The molecule has 0 saturated carbocycles. The van der Waals surface area contributed by atoms with E-state index in [9.17, 15) is 14.7 Å². The van der Waals surface area contributed by atoms with Gasteiger partial charge in [-0.1, -0.05) is 49.7 Å². The van der Waals surface area contributed by atoms with E-state index >= 15 is 0 Å². The Kier molecular flexibility index (Phi) is 7.59. The average molecular weight is 509 g/mol. The maximum Gasteiger partial charge on any atom is 0.268 e. The zero-order valence-corrected chi connectivity index (χ0v) is 21.0. The van der Waals surface area contributed by atoms with Crippen LogP contribution in [0.1, 0.15) is 40.9 Å². The highest BCUT2D eigenvalue weighted by Gasteiger charge is 2.54. The van der Waals surface area contributed by atoms with Gasteiger partial charge in [-0.25, -0.2) is 0 Å². The molecule has 0 aliphatic carbocycles. The Bertz CT molecular complexity index is 1270. The van der Waals surface area contributed by atoms with Gasteiger partial charge >= 0.3 is 0 Å². The van der Waals surface area contributed by atoms with Gasteiger partial charge in [0.2, 0.25) is 11.5 Å². The van der Waals surface area contributed by atoms with Crippen molar-refractivity contribution >= 4 is 29.1 Å². The molecule has 0 fully saturated rings. The van der Waals surface area contributed by atoms with E-state index in [4.69, 9.17) is 22.1 Å². The van der Waals surface area contributed by atoms with Crippen molar-refractivity contribution in [2.75, 3.05) is 31.1 Å². The lowest BCUT2D eigenvalue weighted by atomic mass is 9.86. The Hall–Kier alpha value is -3.46. The first-order valence-electron chi connectivity index (χ1n) is 11.8. The first-order chi connectivity index (χ1) is 17.3. The third kappa shape index (κ3) is 4.67. The number of benzene rings is 2. The summed E-state index contributed by atoms with van der Waals surface area (Å²) >= 11 is 6.62. The van der Waals surface area contributed by atoms with Crippen LogP contribution in [0.4, 0.5) is 5.69 Å². The number of pyridine rings is 1. The third-order valence-corrected chi connectivity index (χ3v) is 6.79. The normalized spacial score (nSPS) is 16.9. The third-order valence-electron chi connectivity index (χ3n) is 6.49. The molecule has 2 heterocycles. The molecule has 0 spiro atoms. The highest BCUT2D eigenvalue weighted by molar-refractivity contribution is 6.34. The van der Waals surface area contributed by atoms with Gasteiger partial charge in [0.15, 0.2) is 0 Å². The van der Waals surface area contributed by atoms with E-state index in [1.54, 1.807) is 42.7 Å². The number of ether oxygens (including phenoxy) is 1. The summed E-state index contributed by atoms with van der Waals surface area (Å²) < 4.78 is 6.04. The SMILES string of the molecule is CCN(CC)CCN1C(=O)C(O)(c2ccccc2OCc2cccnc2)c2c(Cl)cc(C(N)=O)cc21. The molecule has 1 atom stereocenters. The number of hydrogen-bond acceptors (Lipinski definition) is 6. The first-order valence-corrected chi connectivity index (χ1v) is 12.2. The summed E-state index contributed by atoms with van der Waals surface area (Å²) in [6.45, 7) is 6.77. The molecule has 1 unspecified atom stereocenters. The van der Waals surface area contributed by atoms with E-state index in [2.05, 4.69) is 9.88 Å². The fraction of sp³-hybridized carbons (Fsp3) is 0.296. The van der Waals surface area contributed by atoms with Crippen molar-refractivity contribution in [3.8, 4) is 5.75 Å². The highest BCUT2D eigenvalue weighted by atomic mass is 35.5. The van der Waals surface area contributed by atoms with Gasteiger partial charge in [0, 0.05) is 47.7 Å². The van der Waals surface area contributed by atoms with Crippen LogP contribution >= 0.6 is 11.6 Å². The first kappa shape index (κ1) is 25.6. The van der Waals surface area contributed by atoms with E-state index < -0.39 is 17.4 Å². The van der Waals surface area contributed by atoms with Gasteiger partial charge in [0.25, 0.3) is 5.91 Å². The second kappa shape index (κ2) is 10.7. The predicted octanol–water partition coefficient (Wildman–Crippen LogP) is 3.34. The summed E-state index contributed by atoms with van der Waals surface area (Å²) in [6.07, 6.45) is 3.36. The molecule has 8 nitrogen and oxygen atoms in total. The van der Waals surface area contributed by atoms with Crippen molar-refractivity contribution in [2.24, 2.45) is 5.73 Å². The number of anilines is 1. The standard InChI is InChI=1S/C27H29ClN4O4/c1-3-31(4-2)12-13-32-22-15-19(25(29)33)14-21(28)24(22)27(35,26(32)34)20-9-5-6-10-23(20)36-17-18-8-7-11-30-16-18/h5-11,14-16,35H,3-4,12-13,17H2,1-2H3,(H2,29,33). The molecule has 9 heteroatoms. The number of likely N-dealkylation sites (N-methyl/N-ethyl adjacent to an activating group) is 1. The molecule has 3 N–H and O–H groups in total. The van der Waals surface area contributed by atoms with Crippen LogP contribution in [0.5, 0.6) is 5.75 Å². The van der Waals surface area contributed by atoms with E-state index in [1.165, 1.54) is 17.0 Å². The highest BCUT2D eigenvalue weighted by Crippen LogP contribution is 2.50. The molecule has 36 heavy (non-hydrogen) atoms. The summed E-state index contributed by atoms with van der Waals surface area (Å²) in [5, 5.41) is 12.2. The molecule has 0 bridgehead atoms. The Morgan fingerprint density at radius 3 is 2.61 bits per heavy atom. The minimum atomic E-state index is -2.11. The van der Waals surface area contributed by atoms with Crippen LogP contribution in [0.3, 0.4) is 0 Å². The van der Waals surface area contributed by atoms with Gasteiger partial charge in [-0.2, -0.15) is 0 Å². The summed E-state index contributed by atoms with van der Waals surface area (Å²) in [5.74, 6) is -0.902. The Morgan fingerprint density at radius 2 is 1.94 bits per heavy atom. The van der Waals surface area contributed by atoms with Crippen molar-refractivity contribution in [3.05, 3.63) is 88.2 Å². The molecule has 4 rings (SSSR count). The van der Waals surface area contributed by atoms with Crippen LogP contribution in [0.2, 0.25) is 5.02 Å². The lowest BCUT2D eigenvalue weighted by Crippen LogP contribution is -2.44. The summed E-state index contributed by atoms with van der Waals surface area (Å²) in [5.41, 5.74) is 5.23.